The molecule has 15 heteroatoms. The van der Waals surface area contributed by atoms with Crippen LogP contribution in [0.1, 0.15) is 148 Å². The molecule has 1 aliphatic heterocycles. The lowest BCUT2D eigenvalue weighted by atomic mass is 10.1. The number of aromatic amines is 1. The molecule has 1 unspecified atom stereocenters. The second-order valence-electron chi connectivity index (χ2n) is 13.4. The van der Waals surface area contributed by atoms with Crippen LogP contribution in [0.4, 0.5) is 0 Å². The molecule has 0 radical (unpaired) electrons. The van der Waals surface area contributed by atoms with Crippen molar-refractivity contribution in [3.05, 3.63) is 43.0 Å². The van der Waals surface area contributed by atoms with Gasteiger partial charge in [0.15, 0.2) is 0 Å². The third-order valence-corrected chi connectivity index (χ3v) is 11.1. The van der Waals surface area contributed by atoms with Crippen LogP contribution in [0.5, 0.6) is 0 Å². The molecular formula is C35H64N5O8PS. The van der Waals surface area contributed by atoms with Crippen LogP contribution in [-0.2, 0) is 23.1 Å². The molecule has 0 saturated carbocycles. The number of aryl methyl sites for hydroxylation is 1. The van der Waals surface area contributed by atoms with Crippen LogP contribution in [0.2, 0.25) is 0 Å². The Morgan fingerprint density at radius 1 is 0.980 bits per heavy atom. The second kappa shape index (κ2) is 27.0. The van der Waals surface area contributed by atoms with Gasteiger partial charge in [0.1, 0.15) is 6.23 Å². The summed E-state index contributed by atoms with van der Waals surface area (Å²) < 4.78 is 36.8. The zero-order chi connectivity index (χ0) is 36.5. The highest BCUT2D eigenvalue weighted by Crippen LogP contribution is 2.45. The number of unbranched alkanes of at least 4 members (excludes halogenated alkanes) is 16. The number of nitrogens with zero attached hydrogens (tertiary/aromatic N) is 4. The molecule has 288 valence electrons. The third kappa shape index (κ3) is 19.3. The van der Waals surface area contributed by atoms with E-state index in [-0.39, 0.29) is 19.1 Å². The fourth-order valence-electron chi connectivity index (χ4n) is 5.94. The number of phosphoric ester groups is 1. The SMILES string of the molecule is CCCCCCCCCCCCSC[C@H](COP(=O)(O)OC[C@H]1O[C@@H](n2cc(C)c(=O)[nH]c2=O)C[C@@H]1N=[N+]=[N-])OCCCCCCCCCC. The van der Waals surface area contributed by atoms with Gasteiger partial charge < -0.3 is 14.4 Å². The van der Waals surface area contributed by atoms with Gasteiger partial charge in [0, 0.05) is 35.5 Å². The van der Waals surface area contributed by atoms with Gasteiger partial charge in [-0.25, -0.2) is 9.36 Å². The van der Waals surface area contributed by atoms with Gasteiger partial charge in [-0.3, -0.25) is 23.4 Å². The van der Waals surface area contributed by atoms with E-state index >= 15 is 0 Å². The van der Waals surface area contributed by atoms with Crippen molar-refractivity contribution in [2.75, 3.05) is 31.3 Å². The third-order valence-electron chi connectivity index (χ3n) is 8.98. The van der Waals surface area contributed by atoms with Crippen molar-refractivity contribution in [2.45, 2.75) is 167 Å². The predicted molar refractivity (Wildman–Crippen MR) is 201 cm³/mol. The van der Waals surface area contributed by atoms with Gasteiger partial charge in [-0.1, -0.05) is 122 Å². The molecule has 5 atom stereocenters. The van der Waals surface area contributed by atoms with Crippen molar-refractivity contribution in [1.29, 1.82) is 0 Å². The number of H-pyrrole nitrogens is 1. The average molecular weight is 746 g/mol. The minimum atomic E-state index is -4.51. The normalized spacial score (nSPS) is 19.3. The standard InChI is InChI=1S/C35H64N5O8PS/c1-4-6-8-10-12-14-15-17-19-21-23-50-28-30(45-22-20-18-16-13-11-9-7-5-2)26-46-49(43,44)47-27-32-31(38-39-36)24-33(48-32)40-25-29(3)34(41)37-35(40)42/h25,30-33H,4-24,26-28H2,1-3H3,(H,43,44)(H,37,41,42)/t30-,31-,32+,33+/m0/s1. The van der Waals surface area contributed by atoms with E-state index in [4.69, 9.17) is 24.1 Å². The van der Waals surface area contributed by atoms with Crippen LogP contribution in [0.25, 0.3) is 10.4 Å². The van der Waals surface area contributed by atoms with Gasteiger partial charge in [0.2, 0.25) is 0 Å². The van der Waals surface area contributed by atoms with Crippen LogP contribution in [0.15, 0.2) is 20.9 Å². The monoisotopic (exact) mass is 745 g/mol. The molecule has 1 aromatic rings. The molecule has 0 bridgehead atoms. The summed E-state index contributed by atoms with van der Waals surface area (Å²) in [6.45, 7) is 6.08. The minimum Gasteiger partial charge on any atom is -0.375 e. The van der Waals surface area contributed by atoms with Crippen molar-refractivity contribution >= 4 is 19.6 Å². The topological polar surface area (TPSA) is 178 Å². The van der Waals surface area contributed by atoms with Gasteiger partial charge in [-0.2, -0.15) is 11.8 Å². The van der Waals surface area contributed by atoms with Gasteiger partial charge in [0.05, 0.1) is 31.5 Å². The van der Waals surface area contributed by atoms with E-state index in [1.54, 1.807) is 18.7 Å². The molecule has 13 nitrogen and oxygen atoms in total. The molecule has 0 spiro atoms. The summed E-state index contributed by atoms with van der Waals surface area (Å²) in [5, 5.41) is 3.74. The zero-order valence-electron chi connectivity index (χ0n) is 30.8. The molecule has 2 heterocycles. The number of nitrogens with one attached hydrogen (secondary N) is 1. The van der Waals surface area contributed by atoms with Gasteiger partial charge >= 0.3 is 13.5 Å². The summed E-state index contributed by atoms with van der Waals surface area (Å²) in [4.78, 5) is 39.8. The number of ether oxygens (including phenoxy) is 2. The maximum absolute atomic E-state index is 12.9. The first-order valence-electron chi connectivity index (χ1n) is 19.0. The summed E-state index contributed by atoms with van der Waals surface area (Å²) in [5.41, 5.74) is 8.19. The van der Waals surface area contributed by atoms with Crippen molar-refractivity contribution in [1.82, 2.24) is 9.55 Å². The molecule has 0 amide bonds. The first-order valence-corrected chi connectivity index (χ1v) is 21.7. The Morgan fingerprint density at radius 2 is 1.56 bits per heavy atom. The average Bonchev–Trinajstić information content (AvgIpc) is 3.49. The molecule has 2 rings (SSSR count). The van der Waals surface area contributed by atoms with E-state index in [1.165, 1.54) is 107 Å². The van der Waals surface area contributed by atoms with E-state index in [1.807, 2.05) is 0 Å². The lowest BCUT2D eigenvalue weighted by Crippen LogP contribution is -2.33. The van der Waals surface area contributed by atoms with Crippen molar-refractivity contribution in [3.63, 3.8) is 0 Å². The number of thioether (sulfide) groups is 1. The molecule has 1 saturated heterocycles. The number of aromatic nitrogens is 2. The first kappa shape index (κ1) is 44.5. The van der Waals surface area contributed by atoms with E-state index in [9.17, 15) is 19.0 Å². The summed E-state index contributed by atoms with van der Waals surface area (Å²) in [6.07, 6.45) is 21.8. The Labute approximate surface area is 303 Å². The maximum Gasteiger partial charge on any atom is 0.472 e. The summed E-state index contributed by atoms with van der Waals surface area (Å²) in [5.74, 6) is 1.65. The molecular weight excluding hydrogens is 681 g/mol. The summed E-state index contributed by atoms with van der Waals surface area (Å²) >= 11 is 1.78. The highest BCUT2D eigenvalue weighted by molar-refractivity contribution is 7.99. The molecule has 1 aliphatic rings. The van der Waals surface area contributed by atoms with Crippen LogP contribution >= 0.6 is 19.6 Å². The molecule has 0 aromatic carbocycles. The fraction of sp³-hybridized carbons (Fsp3) is 0.886. The van der Waals surface area contributed by atoms with E-state index in [0.29, 0.717) is 17.9 Å². The van der Waals surface area contributed by atoms with E-state index in [2.05, 4.69) is 28.9 Å². The Hall–Kier alpha value is -1.63. The van der Waals surface area contributed by atoms with Crippen molar-refractivity contribution in [3.8, 4) is 0 Å². The Balaban J connectivity index is 1.81. The lowest BCUT2D eigenvalue weighted by Gasteiger charge is -2.21. The number of hydrogen-bond acceptors (Lipinski definition) is 9. The summed E-state index contributed by atoms with van der Waals surface area (Å²) in [6, 6.07) is -0.769. The molecule has 1 aromatic heterocycles. The van der Waals surface area contributed by atoms with Crippen molar-refractivity contribution < 1.29 is 28.0 Å². The van der Waals surface area contributed by atoms with Crippen LogP contribution in [0.3, 0.4) is 0 Å². The smallest absolute Gasteiger partial charge is 0.375 e. The highest BCUT2D eigenvalue weighted by Gasteiger charge is 2.38. The Morgan fingerprint density at radius 3 is 2.16 bits per heavy atom. The number of rotatable bonds is 31. The van der Waals surface area contributed by atoms with Gasteiger partial charge in [-0.15, -0.1) is 0 Å². The molecule has 2 N–H and O–H groups in total. The predicted octanol–water partition coefficient (Wildman–Crippen LogP) is 9.13. The van der Waals surface area contributed by atoms with Gasteiger partial charge in [-0.05, 0) is 31.0 Å². The zero-order valence-corrected chi connectivity index (χ0v) is 32.5. The molecule has 1 fully saturated rings. The van der Waals surface area contributed by atoms with Crippen LogP contribution in [-0.4, -0.2) is 64.0 Å². The number of phosphoric acid groups is 1. The van der Waals surface area contributed by atoms with E-state index in [0.717, 1.165) is 25.0 Å². The molecule has 50 heavy (non-hydrogen) atoms. The maximum atomic E-state index is 12.9. The minimum absolute atomic E-state index is 0.101. The van der Waals surface area contributed by atoms with Crippen LogP contribution in [0, 0.1) is 6.92 Å². The number of hydrogen-bond donors (Lipinski definition) is 2. The Kier molecular flexibility index (Phi) is 24.1. The van der Waals surface area contributed by atoms with Gasteiger partial charge in [0.25, 0.3) is 5.56 Å². The van der Waals surface area contributed by atoms with E-state index < -0.39 is 44.1 Å². The first-order chi connectivity index (χ1) is 24.2. The second-order valence-corrected chi connectivity index (χ2v) is 16.0. The quantitative estimate of drug-likeness (QED) is 0.0247. The highest BCUT2D eigenvalue weighted by atomic mass is 32.2. The summed E-state index contributed by atoms with van der Waals surface area (Å²) in [7, 11) is -4.51. The number of azide groups is 1. The lowest BCUT2D eigenvalue weighted by molar-refractivity contribution is -0.0315. The largest absolute Gasteiger partial charge is 0.472 e. The van der Waals surface area contributed by atoms with Crippen molar-refractivity contribution in [2.24, 2.45) is 5.11 Å². The Bertz CT molecular complexity index is 1260. The fourth-order valence-corrected chi connectivity index (χ4v) is 7.74. The van der Waals surface area contributed by atoms with Crippen LogP contribution < -0.4 is 11.2 Å². The molecule has 0 aliphatic carbocycles.